The highest BCUT2D eigenvalue weighted by atomic mass is 32.2. The molecule has 0 radical (unpaired) electrons. The molecule has 6 heteroatoms. The van der Waals surface area contributed by atoms with Crippen molar-refractivity contribution in [1.82, 2.24) is 9.62 Å². The van der Waals surface area contributed by atoms with Gasteiger partial charge in [0, 0.05) is 29.9 Å². The molecule has 0 saturated carbocycles. The SMILES string of the molecule is CCNCc1cc(S(=O)(=O)N2CCC(C)CC2)cs1. The molecular formula is C13H22N2O2S2. The first-order valence-corrected chi connectivity index (χ1v) is 9.14. The first-order chi connectivity index (χ1) is 9.04. The van der Waals surface area contributed by atoms with Crippen LogP contribution in [0.3, 0.4) is 0 Å². The van der Waals surface area contributed by atoms with Crippen molar-refractivity contribution in [3.63, 3.8) is 0 Å². The molecule has 1 aromatic heterocycles. The summed E-state index contributed by atoms with van der Waals surface area (Å²) in [6.07, 6.45) is 1.93. The molecule has 2 rings (SSSR count). The molecule has 0 unspecified atom stereocenters. The Balaban J connectivity index is 2.08. The van der Waals surface area contributed by atoms with Gasteiger partial charge in [0.1, 0.15) is 0 Å². The number of hydrogen-bond donors (Lipinski definition) is 1. The Kier molecular flexibility index (Phi) is 5.00. The van der Waals surface area contributed by atoms with Crippen LogP contribution in [0, 0.1) is 5.92 Å². The van der Waals surface area contributed by atoms with E-state index < -0.39 is 10.0 Å². The highest BCUT2D eigenvalue weighted by Gasteiger charge is 2.28. The molecular weight excluding hydrogens is 280 g/mol. The maximum atomic E-state index is 12.5. The molecule has 0 spiro atoms. The fourth-order valence-corrected chi connectivity index (χ4v) is 4.91. The number of piperidine rings is 1. The quantitative estimate of drug-likeness (QED) is 0.908. The molecule has 0 aromatic carbocycles. The van der Waals surface area contributed by atoms with Crippen LogP contribution in [0.25, 0.3) is 0 Å². The van der Waals surface area contributed by atoms with Crippen molar-refractivity contribution in [2.45, 2.75) is 38.1 Å². The van der Waals surface area contributed by atoms with Gasteiger partial charge in [0.2, 0.25) is 10.0 Å². The smallest absolute Gasteiger partial charge is 0.243 e. The number of hydrogen-bond acceptors (Lipinski definition) is 4. The van der Waals surface area contributed by atoms with E-state index in [9.17, 15) is 8.42 Å². The fraction of sp³-hybridized carbons (Fsp3) is 0.692. The predicted octanol–water partition coefficient (Wildman–Crippen LogP) is 2.28. The summed E-state index contributed by atoms with van der Waals surface area (Å²) >= 11 is 1.51. The highest BCUT2D eigenvalue weighted by Crippen LogP contribution is 2.26. The molecule has 0 amide bonds. The van der Waals surface area contributed by atoms with Gasteiger partial charge in [0.25, 0.3) is 0 Å². The number of sulfonamides is 1. The third-order valence-electron chi connectivity index (χ3n) is 3.56. The molecule has 0 bridgehead atoms. The standard InChI is InChI=1S/C13H22N2O2S2/c1-3-14-9-12-8-13(10-18-12)19(16,17)15-6-4-11(2)5-7-15/h8,10-11,14H,3-7,9H2,1-2H3. The fourth-order valence-electron chi connectivity index (χ4n) is 2.21. The highest BCUT2D eigenvalue weighted by molar-refractivity contribution is 7.89. The summed E-state index contributed by atoms with van der Waals surface area (Å²) in [7, 11) is -3.27. The van der Waals surface area contributed by atoms with Crippen LogP contribution in [0.15, 0.2) is 16.3 Å². The van der Waals surface area contributed by atoms with Gasteiger partial charge in [-0.25, -0.2) is 8.42 Å². The largest absolute Gasteiger partial charge is 0.312 e. The zero-order valence-electron chi connectivity index (χ0n) is 11.6. The van der Waals surface area contributed by atoms with E-state index in [-0.39, 0.29) is 0 Å². The lowest BCUT2D eigenvalue weighted by atomic mass is 10.0. The zero-order chi connectivity index (χ0) is 13.9. The molecule has 108 valence electrons. The van der Waals surface area contributed by atoms with E-state index in [0.717, 1.165) is 30.8 Å². The molecule has 1 aromatic rings. The molecule has 19 heavy (non-hydrogen) atoms. The summed E-state index contributed by atoms with van der Waals surface area (Å²) in [6, 6.07) is 1.81. The van der Waals surface area contributed by atoms with Gasteiger partial charge in [-0.2, -0.15) is 4.31 Å². The van der Waals surface area contributed by atoms with Gasteiger partial charge >= 0.3 is 0 Å². The normalized spacial score (nSPS) is 18.8. The molecule has 0 aliphatic carbocycles. The lowest BCUT2D eigenvalue weighted by Crippen LogP contribution is -2.37. The number of nitrogens with zero attached hydrogens (tertiary/aromatic N) is 1. The molecule has 1 fully saturated rings. The molecule has 1 N–H and O–H groups in total. The minimum absolute atomic E-state index is 0.458. The molecule has 2 heterocycles. The maximum Gasteiger partial charge on any atom is 0.243 e. The molecule has 4 nitrogen and oxygen atoms in total. The van der Waals surface area contributed by atoms with Gasteiger partial charge in [-0.3, -0.25) is 0 Å². The first-order valence-electron chi connectivity index (χ1n) is 6.82. The van der Waals surface area contributed by atoms with Gasteiger partial charge in [-0.1, -0.05) is 13.8 Å². The van der Waals surface area contributed by atoms with Gasteiger partial charge < -0.3 is 5.32 Å². The second kappa shape index (κ2) is 6.35. The van der Waals surface area contributed by atoms with Crippen LogP contribution >= 0.6 is 11.3 Å². The first kappa shape index (κ1) is 15.0. The zero-order valence-corrected chi connectivity index (χ0v) is 13.2. The van der Waals surface area contributed by atoms with Crippen LogP contribution in [0.1, 0.15) is 31.6 Å². The lowest BCUT2D eigenvalue weighted by molar-refractivity contribution is 0.288. The van der Waals surface area contributed by atoms with Crippen LogP contribution in [0.5, 0.6) is 0 Å². The number of nitrogens with one attached hydrogen (secondary N) is 1. The average molecular weight is 302 g/mol. The van der Waals surface area contributed by atoms with E-state index in [1.807, 2.05) is 6.92 Å². The van der Waals surface area contributed by atoms with Crippen LogP contribution < -0.4 is 5.32 Å². The number of rotatable bonds is 5. The van der Waals surface area contributed by atoms with E-state index in [1.165, 1.54) is 11.3 Å². The molecule has 1 aliphatic rings. The van der Waals surface area contributed by atoms with Gasteiger partial charge in [-0.05, 0) is 31.4 Å². The van der Waals surface area contributed by atoms with Crippen LogP contribution in [0.2, 0.25) is 0 Å². The van der Waals surface area contributed by atoms with Crippen molar-refractivity contribution in [1.29, 1.82) is 0 Å². The number of thiophene rings is 1. The van der Waals surface area contributed by atoms with E-state index >= 15 is 0 Å². The van der Waals surface area contributed by atoms with Crippen LogP contribution in [0.4, 0.5) is 0 Å². The summed E-state index contributed by atoms with van der Waals surface area (Å²) in [4.78, 5) is 1.53. The monoisotopic (exact) mass is 302 g/mol. The predicted molar refractivity (Wildman–Crippen MR) is 78.9 cm³/mol. The van der Waals surface area contributed by atoms with Crippen molar-refractivity contribution >= 4 is 21.4 Å². The Morgan fingerprint density at radius 3 is 2.74 bits per heavy atom. The Hall–Kier alpha value is -0.430. The van der Waals surface area contributed by atoms with Crippen LogP contribution in [-0.2, 0) is 16.6 Å². The van der Waals surface area contributed by atoms with Crippen molar-refractivity contribution in [2.24, 2.45) is 5.92 Å². The summed E-state index contributed by atoms with van der Waals surface area (Å²) in [6.45, 7) is 7.17. The van der Waals surface area contributed by atoms with Crippen LogP contribution in [-0.4, -0.2) is 32.4 Å². The van der Waals surface area contributed by atoms with Gasteiger partial charge in [0.05, 0.1) is 4.90 Å². The summed E-state index contributed by atoms with van der Waals surface area (Å²) in [5.74, 6) is 0.637. The Bertz CT molecular complexity index is 502. The van der Waals surface area contributed by atoms with E-state index in [4.69, 9.17) is 0 Å². The van der Waals surface area contributed by atoms with Crippen molar-refractivity contribution < 1.29 is 8.42 Å². The molecule has 1 saturated heterocycles. The minimum atomic E-state index is -3.27. The Labute approximate surface area is 119 Å². The third kappa shape index (κ3) is 3.56. The molecule has 0 atom stereocenters. The second-order valence-electron chi connectivity index (χ2n) is 5.12. The Morgan fingerprint density at radius 2 is 2.11 bits per heavy atom. The van der Waals surface area contributed by atoms with Crippen molar-refractivity contribution in [2.75, 3.05) is 19.6 Å². The maximum absolute atomic E-state index is 12.5. The lowest BCUT2D eigenvalue weighted by Gasteiger charge is -2.29. The third-order valence-corrected chi connectivity index (χ3v) is 6.52. The minimum Gasteiger partial charge on any atom is -0.312 e. The molecule has 1 aliphatic heterocycles. The second-order valence-corrected chi connectivity index (χ2v) is 8.05. The van der Waals surface area contributed by atoms with Crippen molar-refractivity contribution in [3.05, 3.63) is 16.3 Å². The topological polar surface area (TPSA) is 49.4 Å². The summed E-state index contributed by atoms with van der Waals surface area (Å²) < 4.78 is 26.6. The Morgan fingerprint density at radius 1 is 1.42 bits per heavy atom. The summed E-state index contributed by atoms with van der Waals surface area (Å²) in [5.41, 5.74) is 0. The van der Waals surface area contributed by atoms with Gasteiger partial charge in [-0.15, -0.1) is 11.3 Å². The van der Waals surface area contributed by atoms with Gasteiger partial charge in [0.15, 0.2) is 0 Å². The summed E-state index contributed by atoms with van der Waals surface area (Å²) in [5, 5.41) is 4.98. The van der Waals surface area contributed by atoms with E-state index in [0.29, 0.717) is 23.9 Å². The van der Waals surface area contributed by atoms with E-state index in [2.05, 4.69) is 12.2 Å². The van der Waals surface area contributed by atoms with Crippen molar-refractivity contribution in [3.8, 4) is 0 Å². The van der Waals surface area contributed by atoms with E-state index in [1.54, 1.807) is 15.8 Å². The average Bonchev–Trinajstić information content (AvgIpc) is 2.86.